The lowest BCUT2D eigenvalue weighted by Crippen LogP contribution is -2.30. The summed E-state index contributed by atoms with van der Waals surface area (Å²) in [5.41, 5.74) is 3.96. The number of benzene rings is 2. The molecule has 1 heterocycles. The Bertz CT molecular complexity index is 851. The fraction of sp³-hybridized carbons (Fsp3) is 0.200. The van der Waals surface area contributed by atoms with Gasteiger partial charge in [-0.2, -0.15) is 5.26 Å². The summed E-state index contributed by atoms with van der Waals surface area (Å²) in [4.78, 5) is 12.2. The van der Waals surface area contributed by atoms with Crippen LogP contribution in [-0.2, 0) is 10.5 Å². The van der Waals surface area contributed by atoms with E-state index in [1.807, 2.05) is 55.5 Å². The molecule has 0 aromatic heterocycles. The number of carbonyl (C=O) groups is 1. The lowest BCUT2D eigenvalue weighted by atomic mass is 9.87. The van der Waals surface area contributed by atoms with Gasteiger partial charge in [0.15, 0.2) is 0 Å². The standard InChI is InChI=1S/C20H17BrN2OS/c1-13-2-6-15(7-3-13)17-10-19(24)23-20(18(17)11-22)25-12-14-4-8-16(21)9-5-14/h2-9,17H,10,12H2,1H3,(H,23,24)/t17-/m0/s1. The molecule has 1 aliphatic rings. The Morgan fingerprint density at radius 3 is 2.52 bits per heavy atom. The Morgan fingerprint density at radius 2 is 1.88 bits per heavy atom. The lowest BCUT2D eigenvalue weighted by Gasteiger charge is -2.25. The normalized spacial score (nSPS) is 17.2. The van der Waals surface area contributed by atoms with Crippen LogP contribution in [0, 0.1) is 18.3 Å². The average Bonchev–Trinajstić information content (AvgIpc) is 2.61. The first-order chi connectivity index (χ1) is 12.1. The Hall–Kier alpha value is -2.03. The highest BCUT2D eigenvalue weighted by molar-refractivity contribution is 9.10. The van der Waals surface area contributed by atoms with Gasteiger partial charge in [0.1, 0.15) is 0 Å². The maximum absolute atomic E-state index is 12.2. The van der Waals surface area contributed by atoms with Crippen LogP contribution >= 0.6 is 27.7 Å². The fourth-order valence-corrected chi connectivity index (χ4v) is 4.05. The molecule has 5 heteroatoms. The summed E-state index contributed by atoms with van der Waals surface area (Å²) in [6.45, 7) is 2.03. The molecule has 0 unspecified atom stereocenters. The zero-order valence-electron chi connectivity index (χ0n) is 13.8. The smallest absolute Gasteiger partial charge is 0.225 e. The summed E-state index contributed by atoms with van der Waals surface area (Å²) >= 11 is 4.93. The molecule has 3 rings (SSSR count). The summed E-state index contributed by atoms with van der Waals surface area (Å²) in [6, 6.07) is 18.4. The molecule has 1 amide bonds. The molecule has 0 saturated carbocycles. The number of nitriles is 1. The molecule has 0 aliphatic carbocycles. The van der Waals surface area contributed by atoms with E-state index in [0.717, 1.165) is 21.2 Å². The molecule has 126 valence electrons. The predicted octanol–water partition coefficient (Wildman–Crippen LogP) is 5.03. The number of halogens is 1. The molecular formula is C20H17BrN2OS. The van der Waals surface area contributed by atoms with Gasteiger partial charge in [-0.25, -0.2) is 0 Å². The van der Waals surface area contributed by atoms with Crippen molar-refractivity contribution in [1.29, 1.82) is 5.26 Å². The van der Waals surface area contributed by atoms with Crippen LogP contribution in [0.5, 0.6) is 0 Å². The molecule has 0 bridgehead atoms. The second kappa shape index (κ2) is 7.90. The van der Waals surface area contributed by atoms with Crippen LogP contribution in [0.15, 0.2) is 63.6 Å². The maximum Gasteiger partial charge on any atom is 0.225 e. The zero-order valence-corrected chi connectivity index (χ0v) is 16.2. The van der Waals surface area contributed by atoms with E-state index in [4.69, 9.17) is 0 Å². The molecule has 2 aromatic carbocycles. The third-order valence-corrected chi connectivity index (χ3v) is 5.75. The minimum absolute atomic E-state index is 0.0390. The molecule has 0 radical (unpaired) electrons. The molecule has 1 N–H and O–H groups in total. The van der Waals surface area contributed by atoms with Gasteiger partial charge in [0, 0.05) is 22.6 Å². The number of carbonyl (C=O) groups excluding carboxylic acids is 1. The van der Waals surface area contributed by atoms with Crippen LogP contribution in [-0.4, -0.2) is 5.91 Å². The van der Waals surface area contributed by atoms with Gasteiger partial charge in [-0.1, -0.05) is 57.9 Å². The summed E-state index contributed by atoms with van der Waals surface area (Å²) in [7, 11) is 0. The molecule has 1 aliphatic heterocycles. The first-order valence-electron chi connectivity index (χ1n) is 7.94. The highest BCUT2D eigenvalue weighted by atomic mass is 79.9. The minimum atomic E-state index is -0.174. The number of rotatable bonds is 4. The van der Waals surface area contributed by atoms with Gasteiger partial charge < -0.3 is 5.32 Å². The number of aryl methyl sites for hydroxylation is 1. The molecule has 0 saturated heterocycles. The van der Waals surface area contributed by atoms with Gasteiger partial charge in [0.25, 0.3) is 0 Å². The Balaban J connectivity index is 1.86. The van der Waals surface area contributed by atoms with E-state index in [9.17, 15) is 10.1 Å². The van der Waals surface area contributed by atoms with Crippen molar-refractivity contribution >= 4 is 33.6 Å². The van der Waals surface area contributed by atoms with Crippen LogP contribution in [0.2, 0.25) is 0 Å². The number of allylic oxidation sites excluding steroid dienone is 1. The van der Waals surface area contributed by atoms with E-state index in [2.05, 4.69) is 27.3 Å². The quantitative estimate of drug-likeness (QED) is 0.765. The van der Waals surface area contributed by atoms with Crippen molar-refractivity contribution in [3.8, 4) is 6.07 Å². The maximum atomic E-state index is 12.2. The number of amides is 1. The molecule has 3 nitrogen and oxygen atoms in total. The van der Waals surface area contributed by atoms with Crippen molar-refractivity contribution in [1.82, 2.24) is 5.32 Å². The molecule has 25 heavy (non-hydrogen) atoms. The van der Waals surface area contributed by atoms with Gasteiger partial charge in [0.2, 0.25) is 5.91 Å². The summed E-state index contributed by atoms with van der Waals surface area (Å²) in [5.74, 6) is 0.490. The lowest BCUT2D eigenvalue weighted by molar-refractivity contribution is -0.120. The minimum Gasteiger partial charge on any atom is -0.320 e. The summed E-state index contributed by atoms with van der Waals surface area (Å²) in [5, 5.41) is 13.2. The summed E-state index contributed by atoms with van der Waals surface area (Å²) in [6.07, 6.45) is 0.314. The van der Waals surface area contributed by atoms with Gasteiger partial charge in [-0.15, -0.1) is 11.8 Å². The number of nitrogens with one attached hydrogen (secondary N) is 1. The average molecular weight is 413 g/mol. The fourth-order valence-electron chi connectivity index (χ4n) is 2.75. The highest BCUT2D eigenvalue weighted by Crippen LogP contribution is 2.36. The van der Waals surface area contributed by atoms with Crippen molar-refractivity contribution in [3.63, 3.8) is 0 Å². The number of hydrogen-bond donors (Lipinski definition) is 1. The number of nitrogens with zero attached hydrogens (tertiary/aromatic N) is 1. The van der Waals surface area contributed by atoms with Crippen LogP contribution in [0.3, 0.4) is 0 Å². The molecule has 1 atom stereocenters. The van der Waals surface area contributed by atoms with Crippen molar-refractivity contribution in [2.24, 2.45) is 0 Å². The third-order valence-electron chi connectivity index (χ3n) is 4.13. The molecule has 2 aromatic rings. The Morgan fingerprint density at radius 1 is 1.20 bits per heavy atom. The van der Waals surface area contributed by atoms with Crippen LogP contribution in [0.1, 0.15) is 29.0 Å². The largest absolute Gasteiger partial charge is 0.320 e. The zero-order chi connectivity index (χ0) is 17.8. The third kappa shape index (κ3) is 4.33. The first-order valence-corrected chi connectivity index (χ1v) is 9.72. The molecular weight excluding hydrogens is 396 g/mol. The van der Waals surface area contributed by atoms with Crippen molar-refractivity contribution in [2.75, 3.05) is 0 Å². The van der Waals surface area contributed by atoms with Crippen molar-refractivity contribution in [3.05, 3.63) is 80.3 Å². The number of thioether (sulfide) groups is 1. The van der Waals surface area contributed by atoms with Gasteiger partial charge >= 0.3 is 0 Å². The van der Waals surface area contributed by atoms with E-state index in [0.29, 0.717) is 22.8 Å². The van der Waals surface area contributed by atoms with E-state index in [1.54, 1.807) is 0 Å². The first kappa shape index (κ1) is 17.8. The second-order valence-corrected chi connectivity index (χ2v) is 7.89. The monoisotopic (exact) mass is 412 g/mol. The highest BCUT2D eigenvalue weighted by Gasteiger charge is 2.29. The van der Waals surface area contributed by atoms with E-state index >= 15 is 0 Å². The van der Waals surface area contributed by atoms with Crippen molar-refractivity contribution in [2.45, 2.75) is 25.0 Å². The van der Waals surface area contributed by atoms with Crippen LogP contribution in [0.4, 0.5) is 0 Å². The van der Waals surface area contributed by atoms with Crippen LogP contribution < -0.4 is 5.32 Å². The van der Waals surface area contributed by atoms with Gasteiger partial charge in [0.05, 0.1) is 16.7 Å². The van der Waals surface area contributed by atoms with Gasteiger partial charge in [-0.05, 0) is 30.2 Å². The Labute approximate surface area is 160 Å². The van der Waals surface area contributed by atoms with E-state index in [1.165, 1.54) is 11.8 Å². The second-order valence-electron chi connectivity index (χ2n) is 5.99. The van der Waals surface area contributed by atoms with Gasteiger partial charge in [-0.3, -0.25) is 4.79 Å². The summed E-state index contributed by atoms with van der Waals surface area (Å²) < 4.78 is 1.03. The van der Waals surface area contributed by atoms with Crippen molar-refractivity contribution < 1.29 is 4.79 Å². The predicted molar refractivity (Wildman–Crippen MR) is 105 cm³/mol. The topological polar surface area (TPSA) is 52.9 Å². The number of hydrogen-bond acceptors (Lipinski definition) is 3. The van der Waals surface area contributed by atoms with E-state index in [-0.39, 0.29) is 11.8 Å². The van der Waals surface area contributed by atoms with E-state index < -0.39 is 0 Å². The van der Waals surface area contributed by atoms with Crippen LogP contribution in [0.25, 0.3) is 0 Å². The Kier molecular flexibility index (Phi) is 5.62. The molecule has 0 spiro atoms. The SMILES string of the molecule is Cc1ccc([C@@H]2CC(=O)NC(SCc3ccc(Br)cc3)=C2C#N)cc1. The molecule has 0 fully saturated rings.